The molecule has 0 atom stereocenters. The van der Waals surface area contributed by atoms with Crippen molar-refractivity contribution in [3.8, 4) is 5.75 Å². The van der Waals surface area contributed by atoms with Gasteiger partial charge in [-0.25, -0.2) is 0 Å². The number of carbonyl (C=O) groups excluding carboxylic acids is 1. The van der Waals surface area contributed by atoms with E-state index in [9.17, 15) is 4.79 Å². The predicted molar refractivity (Wildman–Crippen MR) is 121 cm³/mol. The summed E-state index contributed by atoms with van der Waals surface area (Å²) in [6, 6.07) is 17.3. The number of halogens is 2. The van der Waals surface area contributed by atoms with Crippen LogP contribution in [-0.4, -0.2) is 5.78 Å². The molecule has 3 aromatic carbocycles. The first-order chi connectivity index (χ1) is 13.9. The number of allylic oxidation sites excluding steroid dienone is 1. The lowest BCUT2D eigenvalue weighted by Crippen LogP contribution is -2.00. The van der Waals surface area contributed by atoms with Gasteiger partial charge in [0.25, 0.3) is 0 Å². The molecule has 1 aliphatic heterocycles. The van der Waals surface area contributed by atoms with Crippen molar-refractivity contribution in [2.75, 3.05) is 0 Å². The van der Waals surface area contributed by atoms with Crippen LogP contribution in [-0.2, 0) is 6.61 Å². The summed E-state index contributed by atoms with van der Waals surface area (Å²) in [5.74, 6) is 0.924. The highest BCUT2D eigenvalue weighted by molar-refractivity contribution is 8.04. The molecule has 0 N–H and O–H groups in total. The van der Waals surface area contributed by atoms with E-state index < -0.39 is 0 Å². The molecule has 0 saturated heterocycles. The summed E-state index contributed by atoms with van der Waals surface area (Å²) >= 11 is 13.6. The third-order valence-electron chi connectivity index (χ3n) is 4.72. The summed E-state index contributed by atoms with van der Waals surface area (Å²) in [6.45, 7) is 4.43. The summed E-state index contributed by atoms with van der Waals surface area (Å²) in [4.78, 5) is 14.4. The van der Waals surface area contributed by atoms with Gasteiger partial charge in [0.05, 0.1) is 15.0 Å². The third kappa shape index (κ3) is 4.23. The van der Waals surface area contributed by atoms with Crippen molar-refractivity contribution < 1.29 is 9.53 Å². The van der Waals surface area contributed by atoms with Crippen molar-refractivity contribution in [1.82, 2.24) is 0 Å². The molecular weight excluding hydrogens is 423 g/mol. The van der Waals surface area contributed by atoms with Crippen molar-refractivity contribution in [2.45, 2.75) is 25.3 Å². The molecule has 0 aliphatic carbocycles. The molecule has 0 aromatic heterocycles. The molecule has 0 bridgehead atoms. The summed E-state index contributed by atoms with van der Waals surface area (Å²) in [5.41, 5.74) is 4.76. The fraction of sp³-hybridized carbons (Fsp3) is 0.125. The number of aryl methyl sites for hydroxylation is 2. The van der Waals surface area contributed by atoms with Crippen molar-refractivity contribution in [3.63, 3.8) is 0 Å². The maximum absolute atomic E-state index is 12.6. The van der Waals surface area contributed by atoms with Gasteiger partial charge < -0.3 is 4.74 Å². The topological polar surface area (TPSA) is 26.3 Å². The first-order valence-electron chi connectivity index (χ1n) is 9.13. The highest BCUT2D eigenvalue weighted by Gasteiger charge is 2.25. The van der Waals surface area contributed by atoms with E-state index in [-0.39, 0.29) is 5.78 Å². The lowest BCUT2D eigenvalue weighted by molar-refractivity contribution is 0.104. The van der Waals surface area contributed by atoms with Crippen LogP contribution in [0.1, 0.15) is 32.6 Å². The molecule has 29 heavy (non-hydrogen) atoms. The normalized spacial score (nSPS) is 14.3. The molecular formula is C24H18Cl2O2S. The maximum Gasteiger partial charge on any atom is 0.200 e. The van der Waals surface area contributed by atoms with Gasteiger partial charge in [0.1, 0.15) is 12.4 Å². The van der Waals surface area contributed by atoms with E-state index in [1.807, 2.05) is 68.5 Å². The smallest absolute Gasteiger partial charge is 0.200 e. The quantitative estimate of drug-likeness (QED) is 0.392. The Labute approximate surface area is 184 Å². The van der Waals surface area contributed by atoms with E-state index in [1.54, 1.807) is 6.07 Å². The van der Waals surface area contributed by atoms with Crippen LogP contribution in [0.2, 0.25) is 10.0 Å². The second kappa shape index (κ2) is 8.27. The van der Waals surface area contributed by atoms with Gasteiger partial charge in [-0.2, -0.15) is 0 Å². The highest BCUT2D eigenvalue weighted by atomic mass is 35.5. The maximum atomic E-state index is 12.6. The van der Waals surface area contributed by atoms with Crippen LogP contribution < -0.4 is 4.74 Å². The highest BCUT2D eigenvalue weighted by Crippen LogP contribution is 2.41. The number of ether oxygens (including phenoxy) is 1. The molecule has 0 radical (unpaired) electrons. The molecule has 0 amide bonds. The Balaban J connectivity index is 1.55. The molecule has 0 saturated carbocycles. The molecule has 4 rings (SSSR count). The molecule has 0 fully saturated rings. The third-order valence-corrected chi connectivity index (χ3v) is 6.56. The Bertz CT molecular complexity index is 1130. The minimum atomic E-state index is 0.0841. The Hall–Kier alpha value is -2.20. The zero-order valence-electron chi connectivity index (χ0n) is 16.0. The van der Waals surface area contributed by atoms with Gasteiger partial charge in [0, 0.05) is 10.5 Å². The van der Waals surface area contributed by atoms with Crippen LogP contribution in [0.3, 0.4) is 0 Å². The Kier molecular flexibility index (Phi) is 5.73. The molecule has 3 aromatic rings. The van der Waals surface area contributed by atoms with Crippen LogP contribution >= 0.6 is 35.0 Å². The summed E-state index contributed by atoms with van der Waals surface area (Å²) < 4.78 is 6.05. The first-order valence-corrected chi connectivity index (χ1v) is 10.7. The number of hydrogen-bond donors (Lipinski definition) is 0. The van der Waals surface area contributed by atoms with Crippen LogP contribution in [0.5, 0.6) is 5.75 Å². The van der Waals surface area contributed by atoms with Crippen LogP contribution in [0, 0.1) is 13.8 Å². The van der Waals surface area contributed by atoms with E-state index in [2.05, 4.69) is 0 Å². The van der Waals surface area contributed by atoms with E-state index in [1.165, 1.54) is 11.8 Å². The monoisotopic (exact) mass is 440 g/mol. The first kappa shape index (κ1) is 20.1. The fourth-order valence-corrected chi connectivity index (χ4v) is 4.74. The van der Waals surface area contributed by atoms with Gasteiger partial charge in [-0.15, -0.1) is 0 Å². The van der Waals surface area contributed by atoms with Gasteiger partial charge in [0.2, 0.25) is 5.78 Å². The van der Waals surface area contributed by atoms with Gasteiger partial charge in [-0.05, 0) is 78.6 Å². The number of rotatable bonds is 4. The average Bonchev–Trinajstić information content (AvgIpc) is 3.00. The fourth-order valence-electron chi connectivity index (χ4n) is 3.37. The lowest BCUT2D eigenvalue weighted by atomic mass is 10.0. The predicted octanol–water partition coefficient (Wildman–Crippen LogP) is 7.52. The molecule has 146 valence electrons. The van der Waals surface area contributed by atoms with Crippen LogP contribution in [0.15, 0.2) is 64.4 Å². The van der Waals surface area contributed by atoms with Crippen LogP contribution in [0.25, 0.3) is 6.08 Å². The Morgan fingerprint density at radius 2 is 1.69 bits per heavy atom. The molecule has 2 nitrogen and oxygen atoms in total. The molecule has 1 aliphatic rings. The van der Waals surface area contributed by atoms with Crippen molar-refractivity contribution in [3.05, 3.63) is 97.4 Å². The summed E-state index contributed by atoms with van der Waals surface area (Å²) in [5, 5.41) is 1.05. The van der Waals surface area contributed by atoms with Crippen LogP contribution in [0.4, 0.5) is 0 Å². The van der Waals surface area contributed by atoms with Gasteiger partial charge in [-0.3, -0.25) is 4.79 Å². The average molecular weight is 441 g/mol. The number of ketones is 1. The van der Waals surface area contributed by atoms with Crippen molar-refractivity contribution in [1.29, 1.82) is 0 Å². The van der Waals surface area contributed by atoms with Gasteiger partial charge in [-0.1, -0.05) is 53.2 Å². The number of thioether (sulfide) groups is 1. The largest absolute Gasteiger partial charge is 0.488 e. The van der Waals surface area contributed by atoms with Crippen molar-refractivity contribution in [2.24, 2.45) is 0 Å². The zero-order valence-corrected chi connectivity index (χ0v) is 18.3. The molecule has 5 heteroatoms. The molecule has 1 heterocycles. The van der Waals surface area contributed by atoms with E-state index in [0.29, 0.717) is 16.7 Å². The Morgan fingerprint density at radius 3 is 2.38 bits per heavy atom. The molecule has 0 spiro atoms. The number of Topliss-reactive ketones (excluding diaryl/α,β-unsaturated/α-hetero) is 1. The molecule has 0 unspecified atom stereocenters. The van der Waals surface area contributed by atoms with Gasteiger partial charge >= 0.3 is 0 Å². The number of hydrogen-bond acceptors (Lipinski definition) is 3. The van der Waals surface area contributed by atoms with Gasteiger partial charge in [0.15, 0.2) is 0 Å². The number of fused-ring (bicyclic) bond motifs is 1. The van der Waals surface area contributed by atoms with E-state index in [4.69, 9.17) is 27.9 Å². The standard InChI is InChI=1S/C24H18Cl2O2S/c1-14-9-17(12-22-23(27)18-5-3-4-6-21(18)29-22)10-15(2)24(14)28-13-16-7-8-19(25)20(26)11-16/h3-12H,13H2,1-2H3/b22-12-. The lowest BCUT2D eigenvalue weighted by Gasteiger charge is -2.14. The minimum Gasteiger partial charge on any atom is -0.488 e. The van der Waals surface area contributed by atoms with Crippen molar-refractivity contribution >= 4 is 46.8 Å². The second-order valence-corrected chi connectivity index (χ2v) is 8.86. The number of carbonyl (C=O) groups is 1. The zero-order chi connectivity index (χ0) is 20.5. The van der Waals surface area contributed by atoms with E-state index in [0.717, 1.165) is 43.4 Å². The summed E-state index contributed by atoms with van der Waals surface area (Å²) in [6.07, 6.45) is 1.95. The second-order valence-electron chi connectivity index (χ2n) is 6.96. The van der Waals surface area contributed by atoms with E-state index >= 15 is 0 Å². The number of benzene rings is 3. The summed E-state index contributed by atoms with van der Waals surface area (Å²) in [7, 11) is 0. The Morgan fingerprint density at radius 1 is 0.966 bits per heavy atom. The minimum absolute atomic E-state index is 0.0841. The SMILES string of the molecule is Cc1cc(/C=C2\Sc3ccccc3C2=O)cc(C)c1OCc1ccc(Cl)c(Cl)c1.